The number of thiophene rings is 1. The van der Waals surface area contributed by atoms with Crippen LogP contribution in [0.25, 0.3) is 16.0 Å². The van der Waals surface area contributed by atoms with Crippen molar-refractivity contribution in [3.8, 4) is 16.2 Å². The topological polar surface area (TPSA) is 26.3 Å². The van der Waals surface area contributed by atoms with Crippen LogP contribution in [-0.4, -0.2) is 12.4 Å². The van der Waals surface area contributed by atoms with Crippen LogP contribution in [0.2, 0.25) is 0 Å². The third-order valence-corrected chi connectivity index (χ3v) is 5.03. The summed E-state index contributed by atoms with van der Waals surface area (Å²) in [5.74, 6) is 0.823. The summed E-state index contributed by atoms with van der Waals surface area (Å²) in [6.45, 7) is 7.77. The molecule has 0 bridgehead atoms. The molecule has 0 fully saturated rings. The summed E-state index contributed by atoms with van der Waals surface area (Å²) in [5, 5.41) is 0. The summed E-state index contributed by atoms with van der Waals surface area (Å²) in [4.78, 5) is 13.6. The Hall–Kier alpha value is -1.87. The van der Waals surface area contributed by atoms with E-state index in [-0.39, 0.29) is 12.4 Å². The number of carbonyl (C=O) groups excluding carboxylic acids is 1. The Kier molecular flexibility index (Phi) is 3.68. The van der Waals surface area contributed by atoms with Crippen LogP contribution in [0.4, 0.5) is 0 Å². The summed E-state index contributed by atoms with van der Waals surface area (Å²) in [5.41, 5.74) is 5.14. The lowest BCUT2D eigenvalue weighted by atomic mass is 9.91. The van der Waals surface area contributed by atoms with Gasteiger partial charge in [-0.25, -0.2) is 0 Å². The molecule has 3 heteroatoms. The zero-order valence-corrected chi connectivity index (χ0v) is 13.2. The molecular formula is C18H18O2S. The Balaban J connectivity index is 1.94. The van der Waals surface area contributed by atoms with E-state index in [1.807, 2.05) is 17.4 Å². The molecule has 0 atom stereocenters. The number of ether oxygens (including phenoxy) is 1. The average molecular weight is 298 g/mol. The lowest BCUT2D eigenvalue weighted by Gasteiger charge is -2.17. The standard InChI is InChI=1S/C18H18O2S/c1-11(2)17-9-14-5-4-13-8-15(20-10-12(3)19)6-7-16(13)18(14)21-17/h6-9H,1,4-5,10H2,2-3H3. The van der Waals surface area contributed by atoms with Gasteiger partial charge in [-0.2, -0.15) is 0 Å². The zero-order chi connectivity index (χ0) is 15.0. The average Bonchev–Trinajstić information content (AvgIpc) is 2.89. The Morgan fingerprint density at radius 1 is 1.24 bits per heavy atom. The summed E-state index contributed by atoms with van der Waals surface area (Å²) < 4.78 is 5.50. The van der Waals surface area contributed by atoms with Crippen LogP contribution in [0.5, 0.6) is 5.75 Å². The molecular weight excluding hydrogens is 280 g/mol. The lowest BCUT2D eigenvalue weighted by Crippen LogP contribution is -2.07. The van der Waals surface area contributed by atoms with Crippen molar-refractivity contribution in [1.29, 1.82) is 0 Å². The first-order chi connectivity index (χ1) is 10.0. The van der Waals surface area contributed by atoms with Gasteiger partial charge in [-0.3, -0.25) is 4.79 Å². The molecule has 0 aliphatic heterocycles. The van der Waals surface area contributed by atoms with Crippen molar-refractivity contribution in [2.24, 2.45) is 0 Å². The molecule has 21 heavy (non-hydrogen) atoms. The van der Waals surface area contributed by atoms with Crippen molar-refractivity contribution in [2.45, 2.75) is 26.7 Å². The molecule has 0 saturated heterocycles. The van der Waals surface area contributed by atoms with Crippen molar-refractivity contribution < 1.29 is 9.53 Å². The molecule has 1 aliphatic rings. The van der Waals surface area contributed by atoms with Gasteiger partial charge in [-0.1, -0.05) is 6.58 Å². The van der Waals surface area contributed by atoms with E-state index in [1.165, 1.54) is 33.4 Å². The van der Waals surface area contributed by atoms with Gasteiger partial charge in [0.1, 0.15) is 12.4 Å². The highest BCUT2D eigenvalue weighted by Crippen LogP contribution is 2.42. The van der Waals surface area contributed by atoms with E-state index in [9.17, 15) is 4.79 Å². The SMILES string of the molecule is C=C(C)c1cc2c(s1)-c1ccc(OCC(C)=O)cc1CC2. The van der Waals surface area contributed by atoms with Crippen LogP contribution in [0.3, 0.4) is 0 Å². The number of ketones is 1. The van der Waals surface area contributed by atoms with Gasteiger partial charge < -0.3 is 4.74 Å². The Morgan fingerprint density at radius 2 is 2.00 bits per heavy atom. The normalized spacial score (nSPS) is 12.5. The molecule has 108 valence electrons. The van der Waals surface area contributed by atoms with E-state index in [0.29, 0.717) is 0 Å². The quantitative estimate of drug-likeness (QED) is 0.830. The number of hydrogen-bond acceptors (Lipinski definition) is 3. The first kappa shape index (κ1) is 14.1. The second-order valence-corrected chi connectivity index (χ2v) is 6.61. The van der Waals surface area contributed by atoms with E-state index in [2.05, 4.69) is 31.7 Å². The number of benzene rings is 1. The van der Waals surface area contributed by atoms with Gasteiger partial charge in [0.25, 0.3) is 0 Å². The second kappa shape index (κ2) is 5.49. The van der Waals surface area contributed by atoms with Crippen LogP contribution in [-0.2, 0) is 17.6 Å². The third kappa shape index (κ3) is 2.79. The molecule has 1 aromatic carbocycles. The smallest absolute Gasteiger partial charge is 0.167 e. The number of allylic oxidation sites excluding steroid dienone is 1. The number of aryl methyl sites for hydroxylation is 2. The van der Waals surface area contributed by atoms with E-state index >= 15 is 0 Å². The molecule has 0 spiro atoms. The van der Waals surface area contributed by atoms with Gasteiger partial charge in [-0.15, -0.1) is 11.3 Å². The summed E-state index contributed by atoms with van der Waals surface area (Å²) in [6, 6.07) is 8.41. The van der Waals surface area contributed by atoms with Gasteiger partial charge >= 0.3 is 0 Å². The van der Waals surface area contributed by atoms with Crippen molar-refractivity contribution in [1.82, 2.24) is 0 Å². The molecule has 2 nitrogen and oxygen atoms in total. The highest BCUT2D eigenvalue weighted by Gasteiger charge is 2.20. The predicted octanol–water partition coefficient (Wildman–Crippen LogP) is 4.51. The molecule has 0 radical (unpaired) electrons. The van der Waals surface area contributed by atoms with Crippen molar-refractivity contribution in [3.63, 3.8) is 0 Å². The minimum atomic E-state index is 0.0411. The lowest BCUT2D eigenvalue weighted by molar-refractivity contribution is -0.118. The maximum absolute atomic E-state index is 11.0. The van der Waals surface area contributed by atoms with Crippen molar-refractivity contribution in [3.05, 3.63) is 46.8 Å². The van der Waals surface area contributed by atoms with Crippen LogP contribution >= 0.6 is 11.3 Å². The van der Waals surface area contributed by atoms with Crippen LogP contribution in [0.1, 0.15) is 29.9 Å². The molecule has 2 aromatic rings. The first-order valence-electron chi connectivity index (χ1n) is 7.08. The number of Topliss-reactive ketones (excluding diaryl/α,β-unsaturated/α-hetero) is 1. The fraction of sp³-hybridized carbons (Fsp3) is 0.278. The molecule has 0 N–H and O–H groups in total. The zero-order valence-electron chi connectivity index (χ0n) is 12.4. The van der Waals surface area contributed by atoms with E-state index in [4.69, 9.17) is 4.74 Å². The molecule has 0 saturated carbocycles. The molecule has 1 aliphatic carbocycles. The minimum absolute atomic E-state index is 0.0411. The number of rotatable bonds is 4. The minimum Gasteiger partial charge on any atom is -0.486 e. The third-order valence-electron chi connectivity index (χ3n) is 3.66. The summed E-state index contributed by atoms with van der Waals surface area (Å²) in [7, 11) is 0. The molecule has 1 aromatic heterocycles. The Labute approximate surface area is 129 Å². The maximum atomic E-state index is 11.0. The summed E-state index contributed by atoms with van der Waals surface area (Å²) >= 11 is 1.82. The fourth-order valence-corrected chi connectivity index (χ4v) is 3.79. The Morgan fingerprint density at radius 3 is 2.71 bits per heavy atom. The van der Waals surface area contributed by atoms with Gasteiger partial charge in [0.15, 0.2) is 5.78 Å². The van der Waals surface area contributed by atoms with Crippen LogP contribution in [0, 0.1) is 0 Å². The van der Waals surface area contributed by atoms with Crippen molar-refractivity contribution in [2.75, 3.05) is 6.61 Å². The van der Waals surface area contributed by atoms with Gasteiger partial charge in [0, 0.05) is 9.75 Å². The highest BCUT2D eigenvalue weighted by molar-refractivity contribution is 7.16. The Bertz CT molecular complexity index is 725. The van der Waals surface area contributed by atoms with Gasteiger partial charge in [-0.05, 0) is 73.2 Å². The predicted molar refractivity (Wildman–Crippen MR) is 88.0 cm³/mol. The van der Waals surface area contributed by atoms with E-state index in [1.54, 1.807) is 0 Å². The van der Waals surface area contributed by atoms with E-state index in [0.717, 1.165) is 24.2 Å². The molecule has 1 heterocycles. The van der Waals surface area contributed by atoms with E-state index < -0.39 is 0 Å². The fourth-order valence-electron chi connectivity index (χ4n) is 2.60. The maximum Gasteiger partial charge on any atom is 0.167 e. The second-order valence-electron chi connectivity index (χ2n) is 5.55. The number of hydrogen-bond donors (Lipinski definition) is 0. The number of carbonyl (C=O) groups is 1. The van der Waals surface area contributed by atoms with Gasteiger partial charge in [0.05, 0.1) is 0 Å². The largest absolute Gasteiger partial charge is 0.486 e. The first-order valence-corrected chi connectivity index (χ1v) is 7.90. The number of fused-ring (bicyclic) bond motifs is 3. The highest BCUT2D eigenvalue weighted by atomic mass is 32.1. The van der Waals surface area contributed by atoms with Crippen molar-refractivity contribution >= 4 is 22.7 Å². The summed E-state index contributed by atoms with van der Waals surface area (Å²) in [6.07, 6.45) is 2.08. The molecule has 3 rings (SSSR count). The van der Waals surface area contributed by atoms with Gasteiger partial charge in [0.2, 0.25) is 0 Å². The molecule has 0 amide bonds. The van der Waals surface area contributed by atoms with Crippen LogP contribution < -0.4 is 4.74 Å². The van der Waals surface area contributed by atoms with Crippen LogP contribution in [0.15, 0.2) is 30.8 Å². The monoisotopic (exact) mass is 298 g/mol. The molecule has 0 unspecified atom stereocenters.